The number of rotatable bonds is 41. The van der Waals surface area contributed by atoms with Crippen LogP contribution in [0.4, 0.5) is 0 Å². The number of nitrogens with zero attached hydrogens (tertiary/aromatic N) is 1. The van der Waals surface area contributed by atoms with E-state index in [9.17, 15) is 38.4 Å². The van der Waals surface area contributed by atoms with Gasteiger partial charge in [-0.15, -0.1) is 0 Å². The molecule has 18 heteroatoms. The second-order valence-electron chi connectivity index (χ2n) is 22.5. The van der Waals surface area contributed by atoms with Crippen molar-refractivity contribution in [3.8, 4) is 0 Å². The van der Waals surface area contributed by atoms with Gasteiger partial charge in [-0.25, -0.2) is 9.59 Å². The van der Waals surface area contributed by atoms with Crippen LogP contribution in [0.15, 0.2) is 0 Å². The highest BCUT2D eigenvalue weighted by Gasteiger charge is 2.30. The number of carbonyl (C=O) groups is 8. The fourth-order valence-corrected chi connectivity index (χ4v) is 7.38. The third-order valence-corrected chi connectivity index (χ3v) is 11.2. The monoisotopic (exact) mass is 1030 g/mol. The van der Waals surface area contributed by atoms with Crippen LogP contribution in [0.25, 0.3) is 0 Å². The molecule has 0 unspecified atom stereocenters. The van der Waals surface area contributed by atoms with Crippen LogP contribution in [0, 0.1) is 0 Å². The largest absolute Gasteiger partial charge is 0.469 e. The van der Waals surface area contributed by atoms with Crippen LogP contribution in [0.3, 0.4) is 0 Å². The van der Waals surface area contributed by atoms with Gasteiger partial charge in [0, 0.05) is 32.1 Å². The average molecular weight is 1030 g/mol. The molecule has 418 valence electrons. The van der Waals surface area contributed by atoms with Crippen molar-refractivity contribution in [1.82, 2.24) is 16.0 Å². The standard InChI is InChI=1S/C54H98N4O14/c1-52(2,3)70-49(64)29-26-24-22-20-18-16-14-13-15-17-19-21-23-25-28-45(60)56-44(51(66)72-54(7,8)9)33-34-46(61)57-43(50(65)71-53(4,5)6)32-31-42(59)40-68-38-39-69-41-47(62)55-35-37-58(10,11)36-27-30-48(63)67-12/h43-44H,13-41H2,1-12H3,(H2-,55,56,57,60,61,62)/p+1/t43-,44-/m0/s1. The smallest absolute Gasteiger partial charge is 0.329 e. The first-order valence-electron chi connectivity index (χ1n) is 26.7. The van der Waals surface area contributed by atoms with Gasteiger partial charge < -0.3 is 48.9 Å². The summed E-state index contributed by atoms with van der Waals surface area (Å²) in [6, 6.07) is -2.25. The van der Waals surface area contributed by atoms with Gasteiger partial charge in [-0.2, -0.15) is 0 Å². The van der Waals surface area contributed by atoms with Gasteiger partial charge in [-0.3, -0.25) is 28.8 Å². The molecule has 72 heavy (non-hydrogen) atoms. The molecular formula is C54H99N4O14+. The molecule has 0 radical (unpaired) electrons. The second-order valence-corrected chi connectivity index (χ2v) is 22.5. The van der Waals surface area contributed by atoms with Gasteiger partial charge in [0.25, 0.3) is 0 Å². The van der Waals surface area contributed by atoms with Gasteiger partial charge in [-0.1, -0.05) is 77.0 Å². The highest BCUT2D eigenvalue weighted by Crippen LogP contribution is 2.17. The number of esters is 4. The number of Topliss-reactive ketones (excluding diaryl/α,β-unsaturated/α-hetero) is 1. The summed E-state index contributed by atoms with van der Waals surface area (Å²) < 4.78 is 32.6. The van der Waals surface area contributed by atoms with Crippen LogP contribution in [0.2, 0.25) is 0 Å². The minimum atomic E-state index is -1.16. The third kappa shape index (κ3) is 42.4. The highest BCUT2D eigenvalue weighted by atomic mass is 16.6. The van der Waals surface area contributed by atoms with Crippen molar-refractivity contribution in [2.24, 2.45) is 0 Å². The van der Waals surface area contributed by atoms with E-state index in [1.165, 1.54) is 45.6 Å². The number of hydrogen-bond acceptors (Lipinski definition) is 14. The van der Waals surface area contributed by atoms with Crippen molar-refractivity contribution in [2.75, 3.05) is 67.3 Å². The third-order valence-electron chi connectivity index (χ3n) is 11.2. The lowest BCUT2D eigenvalue weighted by molar-refractivity contribution is -0.889. The topological polar surface area (TPSA) is 228 Å². The summed E-state index contributed by atoms with van der Waals surface area (Å²) in [4.78, 5) is 101. The van der Waals surface area contributed by atoms with E-state index in [0.29, 0.717) is 43.3 Å². The summed E-state index contributed by atoms with van der Waals surface area (Å²) in [5.74, 6) is -3.24. The van der Waals surface area contributed by atoms with Crippen molar-refractivity contribution >= 4 is 47.4 Å². The summed E-state index contributed by atoms with van der Waals surface area (Å²) in [7, 11) is 5.39. The molecule has 0 bridgehead atoms. The molecule has 0 aromatic heterocycles. The number of carbonyl (C=O) groups excluding carboxylic acids is 8. The van der Waals surface area contributed by atoms with Gasteiger partial charge in [0.1, 0.15) is 42.1 Å². The number of ketones is 1. The fraction of sp³-hybridized carbons (Fsp3) is 0.852. The molecule has 0 aliphatic rings. The molecule has 0 aromatic carbocycles. The zero-order valence-electron chi connectivity index (χ0n) is 46.8. The van der Waals surface area contributed by atoms with Crippen LogP contribution >= 0.6 is 0 Å². The van der Waals surface area contributed by atoms with Crippen LogP contribution < -0.4 is 16.0 Å². The fourth-order valence-electron chi connectivity index (χ4n) is 7.38. The van der Waals surface area contributed by atoms with Crippen LogP contribution in [-0.4, -0.2) is 148 Å². The zero-order chi connectivity index (χ0) is 54.6. The summed E-state index contributed by atoms with van der Waals surface area (Å²) >= 11 is 0. The van der Waals surface area contributed by atoms with E-state index >= 15 is 0 Å². The maximum absolute atomic E-state index is 13.3. The van der Waals surface area contributed by atoms with E-state index in [0.717, 1.165) is 51.5 Å². The molecule has 0 heterocycles. The predicted molar refractivity (Wildman–Crippen MR) is 276 cm³/mol. The summed E-state index contributed by atoms with van der Waals surface area (Å²) in [5.41, 5.74) is -2.12. The van der Waals surface area contributed by atoms with Crippen molar-refractivity contribution in [2.45, 2.75) is 232 Å². The Labute approximate surface area is 433 Å². The predicted octanol–water partition coefficient (Wildman–Crippen LogP) is 7.53. The Kier molecular flexibility index (Phi) is 35.4. The quantitative estimate of drug-likeness (QED) is 0.0233. The SMILES string of the molecule is COC(=O)CCC[N+](C)(C)CCNC(=O)COCCOCC(=O)CC[C@H](NC(=O)CC[C@H](NC(=O)CCCCCCCCCCCCCCCCC(=O)OC(C)(C)C)C(=O)OC(C)(C)C)C(=O)OC(C)(C)C. The summed E-state index contributed by atoms with van der Waals surface area (Å²) in [5, 5.41) is 8.22. The molecule has 0 spiro atoms. The molecule has 0 rings (SSSR count). The summed E-state index contributed by atoms with van der Waals surface area (Å²) in [6.45, 7) is 17.4. The van der Waals surface area contributed by atoms with Crippen LogP contribution in [0.5, 0.6) is 0 Å². The van der Waals surface area contributed by atoms with Gasteiger partial charge >= 0.3 is 23.9 Å². The molecule has 0 aliphatic carbocycles. The number of nitrogens with one attached hydrogen (secondary N) is 3. The van der Waals surface area contributed by atoms with E-state index in [4.69, 9.17) is 23.7 Å². The Balaban J connectivity index is 4.71. The van der Waals surface area contributed by atoms with Crippen molar-refractivity contribution in [3.63, 3.8) is 0 Å². The number of likely N-dealkylation sites (N-methyl/N-ethyl adjacent to an activating group) is 1. The van der Waals surface area contributed by atoms with E-state index in [1.807, 2.05) is 34.9 Å². The van der Waals surface area contributed by atoms with Gasteiger partial charge in [0.2, 0.25) is 17.7 Å². The van der Waals surface area contributed by atoms with Gasteiger partial charge in [0.15, 0.2) is 5.78 Å². The first-order chi connectivity index (χ1) is 33.6. The first-order valence-corrected chi connectivity index (χ1v) is 26.7. The summed E-state index contributed by atoms with van der Waals surface area (Å²) in [6.07, 6.45) is 16.5. The molecule has 0 fully saturated rings. The average Bonchev–Trinajstić information content (AvgIpc) is 3.25. The number of amides is 3. The lowest BCUT2D eigenvalue weighted by atomic mass is 10.0. The second kappa shape index (κ2) is 37.6. The number of methoxy groups -OCH3 is 1. The van der Waals surface area contributed by atoms with E-state index < -0.39 is 46.7 Å². The van der Waals surface area contributed by atoms with Gasteiger partial charge in [-0.05, 0) is 88.0 Å². The van der Waals surface area contributed by atoms with Crippen molar-refractivity contribution in [3.05, 3.63) is 0 Å². The lowest BCUT2D eigenvalue weighted by Gasteiger charge is -2.29. The Morgan fingerprint density at radius 2 is 0.847 bits per heavy atom. The molecule has 0 saturated carbocycles. The minimum absolute atomic E-state index is 0.0517. The minimum Gasteiger partial charge on any atom is -0.469 e. The molecule has 0 saturated heterocycles. The Morgan fingerprint density at radius 1 is 0.444 bits per heavy atom. The van der Waals surface area contributed by atoms with E-state index in [1.54, 1.807) is 41.5 Å². The molecule has 0 aliphatic heterocycles. The molecule has 3 amide bonds. The number of quaternary nitrogens is 1. The Bertz CT molecular complexity index is 1600. The molecule has 3 N–H and O–H groups in total. The number of ether oxygens (including phenoxy) is 6. The first kappa shape index (κ1) is 67.8. The maximum Gasteiger partial charge on any atom is 0.329 e. The molecule has 2 atom stereocenters. The number of unbranched alkanes of at least 4 members (excludes halogenated alkanes) is 13. The van der Waals surface area contributed by atoms with Crippen LogP contribution in [-0.2, 0) is 66.8 Å². The lowest BCUT2D eigenvalue weighted by Crippen LogP contribution is -2.47. The normalized spacial score (nSPS) is 12.8. The van der Waals surface area contributed by atoms with E-state index in [-0.39, 0.29) is 88.1 Å². The van der Waals surface area contributed by atoms with Crippen molar-refractivity contribution in [1.29, 1.82) is 0 Å². The zero-order valence-corrected chi connectivity index (χ0v) is 46.8. The molecule has 0 aromatic rings. The molecular weight excluding hydrogens is 929 g/mol. The molecule has 18 nitrogen and oxygen atoms in total. The van der Waals surface area contributed by atoms with Crippen molar-refractivity contribution < 1.29 is 71.3 Å². The highest BCUT2D eigenvalue weighted by molar-refractivity contribution is 5.88. The van der Waals surface area contributed by atoms with Gasteiger partial charge in [0.05, 0.1) is 60.5 Å². The maximum atomic E-state index is 13.3. The van der Waals surface area contributed by atoms with Crippen LogP contribution in [0.1, 0.15) is 204 Å². The Morgan fingerprint density at radius 3 is 1.31 bits per heavy atom. The number of hydrogen-bond donors (Lipinski definition) is 3. The van der Waals surface area contributed by atoms with E-state index in [2.05, 4.69) is 20.7 Å². The Hall–Kier alpha value is -4.16.